The zero-order valence-corrected chi connectivity index (χ0v) is 9.31. The van der Waals surface area contributed by atoms with E-state index < -0.39 is 0 Å². The molecule has 0 aliphatic heterocycles. The Labute approximate surface area is 61.9 Å². The van der Waals surface area contributed by atoms with E-state index in [1.54, 1.807) is 0 Å². The van der Waals surface area contributed by atoms with E-state index in [1.165, 1.54) is 16.8 Å². The van der Waals surface area contributed by atoms with Crippen LogP contribution in [-0.4, -0.2) is 27.1 Å². The Morgan fingerprint density at radius 3 is 1.89 bits per heavy atom. The van der Waals surface area contributed by atoms with Crippen LogP contribution >= 0.6 is 0 Å². The molecule has 9 heavy (non-hydrogen) atoms. The van der Waals surface area contributed by atoms with Crippen LogP contribution in [0.15, 0.2) is 0 Å². The van der Waals surface area contributed by atoms with E-state index in [1.807, 2.05) is 0 Å². The van der Waals surface area contributed by atoms with Gasteiger partial charge in [-0.3, -0.25) is 0 Å². The van der Waals surface area contributed by atoms with Crippen molar-refractivity contribution in [3.05, 3.63) is 0 Å². The third-order valence-electron chi connectivity index (χ3n) is 2.10. The fraction of sp³-hybridized carbons (Fsp3) is 1.00. The van der Waals surface area contributed by atoms with Gasteiger partial charge in [-0.25, -0.2) is 0 Å². The second-order valence-corrected chi connectivity index (χ2v) is 4.05. The first kappa shape index (κ1) is 9.18. The Kier molecular flexibility index (Phi) is 4.15. The molecule has 0 aromatic carbocycles. The minimum absolute atomic E-state index is 0.742. The topological polar surface area (TPSA) is 3.24 Å². The lowest BCUT2D eigenvalue weighted by Crippen LogP contribution is -2.35. The summed E-state index contributed by atoms with van der Waals surface area (Å²) >= 11 is 0. The van der Waals surface area contributed by atoms with Gasteiger partial charge in [0, 0.05) is 0 Å². The van der Waals surface area contributed by atoms with Crippen molar-refractivity contribution in [2.24, 2.45) is 0 Å². The molecule has 0 N–H and O–H groups in total. The van der Waals surface area contributed by atoms with Gasteiger partial charge >= 0.3 is 0 Å². The lowest BCUT2D eigenvalue weighted by molar-refractivity contribution is 0.296. The Hall–Kier alpha value is 0.177. The van der Waals surface area contributed by atoms with Crippen molar-refractivity contribution >= 4 is 10.4 Å². The first-order chi connectivity index (χ1) is 4.09. The van der Waals surface area contributed by atoms with Crippen molar-refractivity contribution < 1.29 is 0 Å². The summed E-state index contributed by atoms with van der Waals surface area (Å²) in [5, 5.41) is 0. The first-order valence-corrected chi connectivity index (χ1v) is 4.71. The molecule has 0 aliphatic carbocycles. The molecule has 0 aliphatic rings. The van der Waals surface area contributed by atoms with E-state index in [2.05, 4.69) is 32.3 Å². The fourth-order valence-electron chi connectivity index (χ4n) is 0.797. The Balaban J connectivity index is 3.58. The highest BCUT2D eigenvalue weighted by atomic mass is 28.2. The molecule has 0 saturated carbocycles. The predicted molar refractivity (Wildman–Crippen MR) is 46.7 cm³/mol. The van der Waals surface area contributed by atoms with Crippen molar-refractivity contribution in [2.45, 2.75) is 46.2 Å². The molecule has 0 radical (unpaired) electrons. The molecule has 0 aromatic heterocycles. The van der Waals surface area contributed by atoms with E-state index in [9.17, 15) is 0 Å². The van der Waals surface area contributed by atoms with Crippen LogP contribution in [-0.2, 0) is 0 Å². The van der Waals surface area contributed by atoms with Crippen LogP contribution in [0.2, 0.25) is 0 Å². The van der Waals surface area contributed by atoms with Crippen molar-refractivity contribution in [1.29, 1.82) is 0 Å². The van der Waals surface area contributed by atoms with E-state index in [4.69, 9.17) is 0 Å². The summed E-state index contributed by atoms with van der Waals surface area (Å²) in [5.41, 5.74) is 0. The lowest BCUT2D eigenvalue weighted by atomic mass is 10.2. The van der Waals surface area contributed by atoms with Crippen LogP contribution in [0.5, 0.6) is 0 Å². The van der Waals surface area contributed by atoms with Gasteiger partial charge in [0.25, 0.3) is 0 Å². The normalized spacial score (nSPS) is 15.3. The van der Waals surface area contributed by atoms with Crippen LogP contribution in [0.4, 0.5) is 0 Å². The molecule has 0 fully saturated rings. The maximum Gasteiger partial charge on any atom is 0.0790 e. The molecule has 0 saturated heterocycles. The maximum absolute atomic E-state index is 2.53. The maximum atomic E-state index is 2.53. The molecule has 0 aromatic rings. The Bertz CT molecular complexity index is 73.3. The molecule has 1 unspecified atom stereocenters. The highest BCUT2D eigenvalue weighted by molar-refractivity contribution is 6.04. The van der Waals surface area contributed by atoms with Gasteiger partial charge in [-0.1, -0.05) is 27.7 Å². The minimum Gasteiger partial charge on any atom is -0.328 e. The van der Waals surface area contributed by atoms with E-state index in [-0.39, 0.29) is 0 Å². The molecule has 0 heterocycles. The van der Waals surface area contributed by atoms with Crippen LogP contribution in [0, 0.1) is 0 Å². The molecule has 0 bridgehead atoms. The number of rotatable bonds is 3. The molecule has 0 amide bonds. The molecular weight excluding hydrogens is 126 g/mol. The van der Waals surface area contributed by atoms with Crippen molar-refractivity contribution in [1.82, 2.24) is 4.57 Å². The van der Waals surface area contributed by atoms with E-state index in [0.717, 1.165) is 12.1 Å². The number of hydrogen-bond acceptors (Lipinski definition) is 1. The molecule has 0 spiro atoms. The van der Waals surface area contributed by atoms with Crippen LogP contribution in [0.3, 0.4) is 0 Å². The molecular formula is C7H19NSi. The van der Waals surface area contributed by atoms with Crippen molar-refractivity contribution in [2.75, 3.05) is 0 Å². The van der Waals surface area contributed by atoms with Gasteiger partial charge in [-0.15, -0.1) is 0 Å². The van der Waals surface area contributed by atoms with Crippen LogP contribution in [0.25, 0.3) is 0 Å². The van der Waals surface area contributed by atoms with Gasteiger partial charge in [0.05, 0.1) is 10.4 Å². The van der Waals surface area contributed by atoms with Gasteiger partial charge in [-0.2, -0.15) is 0 Å². The summed E-state index contributed by atoms with van der Waals surface area (Å²) in [5.74, 6) is 0. The molecule has 1 atom stereocenters. The monoisotopic (exact) mass is 145 g/mol. The molecule has 2 heteroatoms. The second-order valence-electron chi connectivity index (χ2n) is 3.02. The second kappa shape index (κ2) is 4.07. The number of nitrogens with zero attached hydrogens (tertiary/aromatic N) is 1. The third kappa shape index (κ3) is 3.01. The fourth-order valence-corrected chi connectivity index (χ4v) is 1.16. The number of hydrogen-bond donors (Lipinski definition) is 0. The zero-order valence-electron chi connectivity index (χ0n) is 7.31. The summed E-state index contributed by atoms with van der Waals surface area (Å²) in [6.45, 7) is 9.07. The summed E-state index contributed by atoms with van der Waals surface area (Å²) < 4.78 is 2.53. The Morgan fingerprint density at radius 1 is 1.33 bits per heavy atom. The van der Waals surface area contributed by atoms with E-state index in [0.29, 0.717) is 0 Å². The van der Waals surface area contributed by atoms with Gasteiger partial charge in [0.15, 0.2) is 0 Å². The summed E-state index contributed by atoms with van der Waals surface area (Å²) in [4.78, 5) is 0. The molecule has 0 rings (SSSR count). The zero-order chi connectivity index (χ0) is 7.44. The average Bonchev–Trinajstić information content (AvgIpc) is 1.84. The van der Waals surface area contributed by atoms with Crippen LogP contribution < -0.4 is 0 Å². The van der Waals surface area contributed by atoms with Gasteiger partial charge < -0.3 is 4.57 Å². The highest BCUT2D eigenvalue weighted by Gasteiger charge is 2.07. The van der Waals surface area contributed by atoms with Gasteiger partial charge in [0.2, 0.25) is 0 Å². The van der Waals surface area contributed by atoms with Crippen LogP contribution in [0.1, 0.15) is 34.1 Å². The predicted octanol–water partition coefficient (Wildman–Crippen LogP) is 0.776. The largest absolute Gasteiger partial charge is 0.328 e. The van der Waals surface area contributed by atoms with Gasteiger partial charge in [0.1, 0.15) is 0 Å². The summed E-state index contributed by atoms with van der Waals surface area (Å²) in [6, 6.07) is 1.53. The van der Waals surface area contributed by atoms with Crippen molar-refractivity contribution in [3.8, 4) is 0 Å². The smallest absolute Gasteiger partial charge is 0.0790 e. The summed E-state index contributed by atoms with van der Waals surface area (Å²) in [6.07, 6.45) is 1.28. The Morgan fingerprint density at radius 2 is 1.78 bits per heavy atom. The van der Waals surface area contributed by atoms with E-state index >= 15 is 0 Å². The molecule has 56 valence electrons. The standard InChI is InChI=1S/C7H19NSi/c1-5-7(4)8(9)6(2)3/h6-7H,5H2,1-4,9H3. The quantitative estimate of drug-likeness (QED) is 0.530. The molecule has 1 nitrogen and oxygen atoms in total. The minimum atomic E-state index is 0.742. The van der Waals surface area contributed by atoms with Crippen molar-refractivity contribution in [3.63, 3.8) is 0 Å². The highest BCUT2D eigenvalue weighted by Crippen LogP contribution is 2.02. The average molecular weight is 145 g/mol. The van der Waals surface area contributed by atoms with Gasteiger partial charge in [-0.05, 0) is 18.5 Å². The third-order valence-corrected chi connectivity index (χ3v) is 4.01. The summed E-state index contributed by atoms with van der Waals surface area (Å²) in [7, 11) is 1.20. The lowest BCUT2D eigenvalue weighted by Gasteiger charge is -2.27. The first-order valence-electron chi connectivity index (χ1n) is 3.81. The SMILES string of the molecule is CCC(C)N([SiH3])C(C)C.